The van der Waals surface area contributed by atoms with E-state index in [4.69, 9.17) is 9.97 Å². The summed E-state index contributed by atoms with van der Waals surface area (Å²) in [6.45, 7) is 8.62. The zero-order valence-corrected chi connectivity index (χ0v) is 17.4. The second-order valence-corrected chi connectivity index (χ2v) is 8.11. The fourth-order valence-electron chi connectivity index (χ4n) is 4.28. The van der Waals surface area contributed by atoms with Gasteiger partial charge in [-0.3, -0.25) is 4.90 Å². The van der Waals surface area contributed by atoms with Gasteiger partial charge in [-0.2, -0.15) is 0 Å². The van der Waals surface area contributed by atoms with Crippen LogP contribution in [0.1, 0.15) is 22.4 Å². The van der Waals surface area contributed by atoms with Gasteiger partial charge in [-0.1, -0.05) is 29.8 Å². The summed E-state index contributed by atoms with van der Waals surface area (Å²) in [5, 5.41) is 0. The normalized spacial score (nSPS) is 17.1. The van der Waals surface area contributed by atoms with Crippen molar-refractivity contribution in [3.8, 4) is 0 Å². The molecule has 0 spiro atoms. The number of piperazine rings is 1. The Bertz CT molecular complexity index is 999. The van der Waals surface area contributed by atoms with Crippen LogP contribution in [-0.2, 0) is 19.5 Å². The van der Waals surface area contributed by atoms with Crippen LogP contribution in [0.5, 0.6) is 0 Å². The number of aryl methyl sites for hydroxylation is 1. The van der Waals surface area contributed by atoms with Crippen molar-refractivity contribution in [2.45, 2.75) is 26.4 Å². The van der Waals surface area contributed by atoms with Crippen LogP contribution in [0.4, 0.5) is 11.9 Å². The zero-order chi connectivity index (χ0) is 20.3. The third-order valence-corrected chi connectivity index (χ3v) is 5.89. The number of anilines is 2. The van der Waals surface area contributed by atoms with Gasteiger partial charge in [-0.15, -0.1) is 0 Å². The Morgan fingerprint density at radius 2 is 1.63 bits per heavy atom. The molecule has 0 N–H and O–H groups in total. The van der Waals surface area contributed by atoms with Crippen molar-refractivity contribution in [1.82, 2.24) is 24.8 Å². The lowest BCUT2D eigenvalue weighted by Crippen LogP contribution is -2.47. The summed E-state index contributed by atoms with van der Waals surface area (Å²) in [6, 6.07) is 10.6. The van der Waals surface area contributed by atoms with Crippen LogP contribution >= 0.6 is 0 Å². The summed E-state index contributed by atoms with van der Waals surface area (Å²) in [7, 11) is 0. The van der Waals surface area contributed by atoms with Crippen LogP contribution in [0.25, 0.3) is 0 Å². The maximum Gasteiger partial charge on any atom is 0.225 e. The van der Waals surface area contributed by atoms with Gasteiger partial charge in [0.2, 0.25) is 11.9 Å². The van der Waals surface area contributed by atoms with E-state index in [1.165, 1.54) is 22.4 Å². The molecule has 30 heavy (non-hydrogen) atoms. The third-order valence-electron chi connectivity index (χ3n) is 5.89. The van der Waals surface area contributed by atoms with Crippen molar-refractivity contribution in [3.63, 3.8) is 0 Å². The molecule has 3 aromatic rings. The fourth-order valence-corrected chi connectivity index (χ4v) is 4.28. The van der Waals surface area contributed by atoms with E-state index in [1.54, 1.807) is 12.4 Å². The van der Waals surface area contributed by atoms with E-state index < -0.39 is 0 Å². The van der Waals surface area contributed by atoms with Crippen LogP contribution in [0.2, 0.25) is 0 Å². The molecular weight excluding hydrogens is 374 g/mol. The number of hydrogen-bond acceptors (Lipinski definition) is 7. The molecule has 0 radical (unpaired) electrons. The molecule has 0 bridgehead atoms. The number of aromatic nitrogens is 4. The Hall–Kier alpha value is -3.06. The minimum atomic E-state index is 0.803. The van der Waals surface area contributed by atoms with E-state index in [9.17, 15) is 0 Å². The molecule has 0 aliphatic carbocycles. The van der Waals surface area contributed by atoms with Crippen LogP contribution in [0.15, 0.2) is 48.9 Å². The van der Waals surface area contributed by atoms with Gasteiger partial charge in [0.25, 0.3) is 0 Å². The van der Waals surface area contributed by atoms with Gasteiger partial charge in [-0.25, -0.2) is 19.9 Å². The molecule has 0 unspecified atom stereocenters. The lowest BCUT2D eigenvalue weighted by Gasteiger charge is -2.35. The molecule has 154 valence electrons. The average molecular weight is 402 g/mol. The molecule has 1 aromatic carbocycles. The monoisotopic (exact) mass is 401 g/mol. The van der Waals surface area contributed by atoms with Gasteiger partial charge in [0, 0.05) is 76.4 Å². The average Bonchev–Trinajstić information content (AvgIpc) is 2.79. The molecule has 0 saturated carbocycles. The zero-order valence-electron chi connectivity index (χ0n) is 17.4. The Labute approximate surface area is 177 Å². The predicted octanol–water partition coefficient (Wildman–Crippen LogP) is 2.46. The second kappa shape index (κ2) is 8.36. The quantitative estimate of drug-likeness (QED) is 0.665. The predicted molar refractivity (Wildman–Crippen MR) is 117 cm³/mol. The molecule has 5 rings (SSSR count). The van der Waals surface area contributed by atoms with Crippen molar-refractivity contribution in [2.75, 3.05) is 42.5 Å². The molecule has 2 aliphatic rings. The Kier molecular flexibility index (Phi) is 5.27. The molecule has 1 saturated heterocycles. The van der Waals surface area contributed by atoms with Crippen molar-refractivity contribution in [1.29, 1.82) is 0 Å². The first-order valence-corrected chi connectivity index (χ1v) is 10.6. The highest BCUT2D eigenvalue weighted by Gasteiger charge is 2.23. The SMILES string of the molecule is Cc1cccc(CN2CCc3nc(N4CCN(c5ncccn5)CC4)ncc3C2)c1. The molecule has 0 amide bonds. The van der Waals surface area contributed by atoms with Gasteiger partial charge < -0.3 is 9.80 Å². The highest BCUT2D eigenvalue weighted by atomic mass is 15.4. The summed E-state index contributed by atoms with van der Waals surface area (Å²) in [6.07, 6.45) is 6.61. The second-order valence-electron chi connectivity index (χ2n) is 8.11. The van der Waals surface area contributed by atoms with Gasteiger partial charge in [-0.05, 0) is 18.6 Å². The fraction of sp³-hybridized carbons (Fsp3) is 0.391. The molecule has 2 aromatic heterocycles. The van der Waals surface area contributed by atoms with Crippen molar-refractivity contribution in [2.24, 2.45) is 0 Å². The molecule has 0 atom stereocenters. The number of benzene rings is 1. The van der Waals surface area contributed by atoms with Gasteiger partial charge >= 0.3 is 0 Å². The maximum absolute atomic E-state index is 4.93. The lowest BCUT2D eigenvalue weighted by molar-refractivity contribution is 0.243. The molecule has 2 aliphatic heterocycles. The molecule has 7 nitrogen and oxygen atoms in total. The summed E-state index contributed by atoms with van der Waals surface area (Å²) >= 11 is 0. The van der Waals surface area contributed by atoms with Crippen LogP contribution in [0, 0.1) is 6.92 Å². The smallest absolute Gasteiger partial charge is 0.225 e. The molecule has 1 fully saturated rings. The summed E-state index contributed by atoms with van der Waals surface area (Å²) in [5.41, 5.74) is 5.15. The van der Waals surface area contributed by atoms with E-state index in [1.807, 2.05) is 12.3 Å². The molecular formula is C23H27N7. The Morgan fingerprint density at radius 3 is 2.40 bits per heavy atom. The van der Waals surface area contributed by atoms with Gasteiger partial charge in [0.15, 0.2) is 0 Å². The van der Waals surface area contributed by atoms with E-state index >= 15 is 0 Å². The van der Waals surface area contributed by atoms with E-state index in [-0.39, 0.29) is 0 Å². The molecule has 4 heterocycles. The first kappa shape index (κ1) is 18.9. The van der Waals surface area contributed by atoms with Crippen LogP contribution in [0.3, 0.4) is 0 Å². The van der Waals surface area contributed by atoms with Crippen molar-refractivity contribution < 1.29 is 0 Å². The standard InChI is InChI=1S/C23H27N7/c1-18-4-2-5-19(14-18)16-28-9-6-21-20(17-28)15-26-23(27-21)30-12-10-29(11-13-30)22-24-7-3-8-25-22/h2-5,7-8,14-15H,6,9-13,16-17H2,1H3. The van der Waals surface area contributed by atoms with Crippen LogP contribution < -0.4 is 9.80 Å². The Balaban J connectivity index is 1.22. The van der Waals surface area contributed by atoms with Gasteiger partial charge in [0.05, 0.1) is 5.69 Å². The third kappa shape index (κ3) is 4.11. The highest BCUT2D eigenvalue weighted by Crippen LogP contribution is 2.22. The van der Waals surface area contributed by atoms with E-state index in [2.05, 4.69) is 55.9 Å². The highest BCUT2D eigenvalue weighted by molar-refractivity contribution is 5.39. The lowest BCUT2D eigenvalue weighted by atomic mass is 10.1. The van der Waals surface area contributed by atoms with Crippen LogP contribution in [-0.4, -0.2) is 57.6 Å². The minimum absolute atomic E-state index is 0.803. The summed E-state index contributed by atoms with van der Waals surface area (Å²) < 4.78 is 0. The summed E-state index contributed by atoms with van der Waals surface area (Å²) in [5.74, 6) is 1.66. The van der Waals surface area contributed by atoms with E-state index in [0.29, 0.717) is 0 Å². The number of hydrogen-bond donors (Lipinski definition) is 0. The number of fused-ring (bicyclic) bond motifs is 1. The van der Waals surface area contributed by atoms with E-state index in [0.717, 1.165) is 64.1 Å². The van der Waals surface area contributed by atoms with Crippen molar-refractivity contribution in [3.05, 3.63) is 71.3 Å². The largest absolute Gasteiger partial charge is 0.337 e. The first-order chi connectivity index (χ1) is 14.7. The summed E-state index contributed by atoms with van der Waals surface area (Å²) in [4.78, 5) is 25.3. The van der Waals surface area contributed by atoms with Crippen molar-refractivity contribution >= 4 is 11.9 Å². The minimum Gasteiger partial charge on any atom is -0.337 e. The molecule has 7 heteroatoms. The number of rotatable bonds is 4. The maximum atomic E-state index is 4.93. The number of nitrogens with zero attached hydrogens (tertiary/aromatic N) is 7. The topological polar surface area (TPSA) is 61.3 Å². The first-order valence-electron chi connectivity index (χ1n) is 10.6. The Morgan fingerprint density at radius 1 is 0.867 bits per heavy atom. The van der Waals surface area contributed by atoms with Gasteiger partial charge in [0.1, 0.15) is 0 Å².